The van der Waals surface area contributed by atoms with Crippen molar-refractivity contribution in [3.05, 3.63) is 70.5 Å². The molecule has 4 rings (SSSR count). The molecule has 1 fully saturated rings. The summed E-state index contributed by atoms with van der Waals surface area (Å²) in [5.41, 5.74) is 1.02. The van der Waals surface area contributed by atoms with Crippen molar-refractivity contribution in [2.45, 2.75) is 20.8 Å². The molecule has 0 bridgehead atoms. The standard InChI is InChI=1S/C27H32N4O5/c1-4-34-22-18-20(19-23(35-5-2)26(22)36-6-3)27(33)30-16-14-29(15-17-30)24-12-13-25(32)31(28-24)21-10-8-7-9-11-21/h7-13,18-19H,4-6,14-17H2,1-3H3. The van der Waals surface area contributed by atoms with Crippen LogP contribution in [0.25, 0.3) is 5.69 Å². The quantitative estimate of drug-likeness (QED) is 0.453. The van der Waals surface area contributed by atoms with Crippen LogP contribution in [0.2, 0.25) is 0 Å². The van der Waals surface area contributed by atoms with Crippen molar-refractivity contribution in [1.29, 1.82) is 0 Å². The third-order valence-corrected chi connectivity index (χ3v) is 5.83. The molecular formula is C27H32N4O5. The second-order valence-corrected chi connectivity index (χ2v) is 8.16. The lowest BCUT2D eigenvalue weighted by Crippen LogP contribution is -2.49. The van der Waals surface area contributed by atoms with Crippen molar-refractivity contribution in [2.24, 2.45) is 0 Å². The highest BCUT2D eigenvalue weighted by molar-refractivity contribution is 5.95. The van der Waals surface area contributed by atoms with Gasteiger partial charge in [-0.25, -0.2) is 0 Å². The Morgan fingerprint density at radius 2 is 1.44 bits per heavy atom. The normalized spacial score (nSPS) is 13.4. The zero-order valence-corrected chi connectivity index (χ0v) is 21.0. The number of rotatable bonds is 9. The minimum atomic E-state index is -0.190. The molecule has 0 radical (unpaired) electrons. The van der Waals surface area contributed by atoms with Gasteiger partial charge in [-0.05, 0) is 51.1 Å². The van der Waals surface area contributed by atoms with Gasteiger partial charge in [0, 0.05) is 37.8 Å². The second-order valence-electron chi connectivity index (χ2n) is 8.16. The van der Waals surface area contributed by atoms with Gasteiger partial charge >= 0.3 is 0 Å². The molecule has 36 heavy (non-hydrogen) atoms. The highest BCUT2D eigenvalue weighted by atomic mass is 16.5. The van der Waals surface area contributed by atoms with Crippen LogP contribution in [0.4, 0.5) is 5.82 Å². The molecule has 1 aromatic heterocycles. The fraction of sp³-hybridized carbons (Fsp3) is 0.370. The van der Waals surface area contributed by atoms with Crippen LogP contribution in [0.1, 0.15) is 31.1 Å². The number of nitrogens with zero attached hydrogens (tertiary/aromatic N) is 4. The lowest BCUT2D eigenvalue weighted by molar-refractivity contribution is 0.0745. The number of hydrogen-bond acceptors (Lipinski definition) is 7. The highest BCUT2D eigenvalue weighted by Crippen LogP contribution is 2.39. The van der Waals surface area contributed by atoms with Gasteiger partial charge in [0.1, 0.15) is 5.82 Å². The lowest BCUT2D eigenvalue weighted by atomic mass is 10.1. The van der Waals surface area contributed by atoms with Crippen LogP contribution < -0.4 is 24.7 Å². The Morgan fingerprint density at radius 1 is 0.833 bits per heavy atom. The van der Waals surface area contributed by atoms with Gasteiger partial charge in [-0.15, -0.1) is 5.10 Å². The Balaban J connectivity index is 1.51. The maximum atomic E-state index is 13.4. The Hall–Kier alpha value is -4.01. The number of ether oxygens (including phenoxy) is 3. The van der Waals surface area contributed by atoms with Gasteiger partial charge in [0.05, 0.1) is 25.5 Å². The molecule has 9 nitrogen and oxygen atoms in total. The Morgan fingerprint density at radius 3 is 2.03 bits per heavy atom. The summed E-state index contributed by atoms with van der Waals surface area (Å²) in [5, 5.41) is 4.57. The molecular weight excluding hydrogens is 460 g/mol. The van der Waals surface area contributed by atoms with E-state index in [2.05, 4.69) is 10.00 Å². The molecule has 3 aromatic rings. The summed E-state index contributed by atoms with van der Waals surface area (Å²) in [7, 11) is 0. The average molecular weight is 493 g/mol. The van der Waals surface area contributed by atoms with Gasteiger partial charge in [0.25, 0.3) is 11.5 Å². The molecule has 0 N–H and O–H groups in total. The molecule has 0 aliphatic carbocycles. The van der Waals surface area contributed by atoms with E-state index in [0.717, 1.165) is 0 Å². The van der Waals surface area contributed by atoms with E-state index in [9.17, 15) is 9.59 Å². The predicted molar refractivity (Wildman–Crippen MR) is 138 cm³/mol. The summed E-state index contributed by atoms with van der Waals surface area (Å²) >= 11 is 0. The van der Waals surface area contributed by atoms with Crippen molar-refractivity contribution in [2.75, 3.05) is 50.9 Å². The number of benzene rings is 2. The fourth-order valence-corrected chi connectivity index (χ4v) is 4.16. The second kappa shape index (κ2) is 11.6. The molecule has 2 aromatic carbocycles. The van der Waals surface area contributed by atoms with Gasteiger partial charge in [0.15, 0.2) is 11.5 Å². The summed E-state index contributed by atoms with van der Waals surface area (Å²) in [6, 6.07) is 16.0. The van der Waals surface area contributed by atoms with E-state index in [1.165, 1.54) is 10.7 Å². The molecule has 1 aliphatic heterocycles. The smallest absolute Gasteiger partial charge is 0.271 e. The van der Waals surface area contributed by atoms with Crippen LogP contribution in [0, 0.1) is 0 Å². The number of amides is 1. The number of hydrogen-bond donors (Lipinski definition) is 0. The van der Waals surface area contributed by atoms with Crippen molar-refractivity contribution >= 4 is 11.7 Å². The van der Waals surface area contributed by atoms with Crippen LogP contribution in [0.3, 0.4) is 0 Å². The van der Waals surface area contributed by atoms with Crippen molar-refractivity contribution in [1.82, 2.24) is 14.7 Å². The molecule has 0 spiro atoms. The maximum absolute atomic E-state index is 13.4. The molecule has 1 aliphatic rings. The van der Waals surface area contributed by atoms with E-state index in [4.69, 9.17) is 14.2 Å². The molecule has 0 unspecified atom stereocenters. The van der Waals surface area contributed by atoms with Crippen LogP contribution in [0.15, 0.2) is 59.4 Å². The molecule has 2 heterocycles. The van der Waals surface area contributed by atoms with Gasteiger partial charge in [-0.1, -0.05) is 18.2 Å². The fourth-order valence-electron chi connectivity index (χ4n) is 4.16. The van der Waals surface area contributed by atoms with E-state index < -0.39 is 0 Å². The highest BCUT2D eigenvalue weighted by Gasteiger charge is 2.26. The molecule has 9 heteroatoms. The first-order valence-corrected chi connectivity index (χ1v) is 12.3. The number of piperazine rings is 1. The average Bonchev–Trinajstić information content (AvgIpc) is 2.91. The summed E-state index contributed by atoms with van der Waals surface area (Å²) in [6.45, 7) is 9.25. The van der Waals surface area contributed by atoms with E-state index in [0.29, 0.717) is 80.3 Å². The van der Waals surface area contributed by atoms with E-state index in [1.807, 2.05) is 56.0 Å². The topological polar surface area (TPSA) is 86.1 Å². The van der Waals surface area contributed by atoms with Gasteiger partial charge in [-0.2, -0.15) is 4.68 Å². The molecule has 1 amide bonds. The first kappa shape index (κ1) is 25.1. The largest absolute Gasteiger partial charge is 0.490 e. The number of anilines is 1. The van der Waals surface area contributed by atoms with Crippen molar-refractivity contribution in [3.8, 4) is 22.9 Å². The molecule has 0 atom stereocenters. The summed E-state index contributed by atoms with van der Waals surface area (Å²) in [5.74, 6) is 2.12. The van der Waals surface area contributed by atoms with Gasteiger partial charge in [-0.3, -0.25) is 9.59 Å². The SMILES string of the molecule is CCOc1cc(C(=O)N2CCN(c3ccc(=O)n(-c4ccccc4)n3)CC2)cc(OCC)c1OCC. The molecule has 190 valence electrons. The summed E-state index contributed by atoms with van der Waals surface area (Å²) in [4.78, 5) is 29.7. The lowest BCUT2D eigenvalue weighted by Gasteiger charge is -2.35. The van der Waals surface area contributed by atoms with Gasteiger partial charge < -0.3 is 24.0 Å². The number of carbonyl (C=O) groups excluding carboxylic acids is 1. The predicted octanol–water partition coefficient (Wildman–Crippen LogP) is 3.39. The van der Waals surface area contributed by atoms with Crippen LogP contribution in [0.5, 0.6) is 17.2 Å². The Bertz CT molecular complexity index is 1210. The van der Waals surface area contributed by atoms with E-state index >= 15 is 0 Å². The third-order valence-electron chi connectivity index (χ3n) is 5.83. The Labute approximate surface area is 210 Å². The maximum Gasteiger partial charge on any atom is 0.271 e. The Kier molecular flexibility index (Phi) is 8.10. The molecule has 1 saturated heterocycles. The van der Waals surface area contributed by atoms with Crippen LogP contribution in [-0.4, -0.2) is 66.6 Å². The minimum absolute atomic E-state index is 0.0955. The zero-order valence-electron chi connectivity index (χ0n) is 21.0. The molecule has 0 saturated carbocycles. The van der Waals surface area contributed by atoms with Crippen LogP contribution >= 0.6 is 0 Å². The van der Waals surface area contributed by atoms with E-state index in [1.54, 1.807) is 18.2 Å². The first-order valence-electron chi connectivity index (χ1n) is 12.3. The van der Waals surface area contributed by atoms with Crippen molar-refractivity contribution < 1.29 is 19.0 Å². The zero-order chi connectivity index (χ0) is 25.5. The monoisotopic (exact) mass is 492 g/mol. The number of para-hydroxylation sites is 1. The third kappa shape index (κ3) is 5.45. The van der Waals surface area contributed by atoms with E-state index in [-0.39, 0.29) is 11.5 Å². The number of aromatic nitrogens is 2. The van der Waals surface area contributed by atoms with Crippen LogP contribution in [-0.2, 0) is 0 Å². The van der Waals surface area contributed by atoms with Gasteiger partial charge in [0.2, 0.25) is 5.75 Å². The summed E-state index contributed by atoms with van der Waals surface area (Å²) in [6.07, 6.45) is 0. The first-order chi connectivity index (χ1) is 17.5. The van der Waals surface area contributed by atoms with Crippen molar-refractivity contribution in [3.63, 3.8) is 0 Å². The minimum Gasteiger partial charge on any atom is -0.490 e. The number of carbonyl (C=O) groups is 1. The summed E-state index contributed by atoms with van der Waals surface area (Å²) < 4.78 is 18.7.